The van der Waals surface area contributed by atoms with Gasteiger partial charge < -0.3 is 15.5 Å². The maximum atomic E-state index is 14.0. The molecule has 0 radical (unpaired) electrons. The summed E-state index contributed by atoms with van der Waals surface area (Å²) in [5.74, 6) is -1.96. The van der Waals surface area contributed by atoms with Crippen LogP contribution < -0.4 is 5.73 Å². The van der Waals surface area contributed by atoms with Gasteiger partial charge in [-0.1, -0.05) is 46.9 Å². The molecule has 2 aromatic carbocycles. The summed E-state index contributed by atoms with van der Waals surface area (Å²) < 4.78 is 28.9. The summed E-state index contributed by atoms with van der Waals surface area (Å²) >= 11 is 18.4. The minimum absolute atomic E-state index is 0.0268. The van der Waals surface area contributed by atoms with Crippen molar-refractivity contribution >= 4 is 62.5 Å². The molecule has 37 heavy (non-hydrogen) atoms. The Bertz CT molecular complexity index is 1420. The number of halogens is 3. The van der Waals surface area contributed by atoms with E-state index in [1.165, 1.54) is 23.1 Å². The van der Waals surface area contributed by atoms with Gasteiger partial charge in [0, 0.05) is 35.5 Å². The number of primary amides is 1. The van der Waals surface area contributed by atoms with Crippen molar-refractivity contribution in [2.45, 2.75) is 48.3 Å². The first-order valence-electron chi connectivity index (χ1n) is 11.6. The third-order valence-corrected chi connectivity index (χ3v) is 9.91. The van der Waals surface area contributed by atoms with Gasteiger partial charge in [0.25, 0.3) is 5.91 Å². The molecule has 1 aliphatic carbocycles. The average molecular weight is 586 g/mol. The molecule has 196 valence electrons. The molecule has 2 aromatic rings. The normalized spacial score (nSPS) is 24.8. The first kappa shape index (κ1) is 26.2. The van der Waals surface area contributed by atoms with Crippen LogP contribution in [0.15, 0.2) is 47.4 Å². The first-order valence-corrected chi connectivity index (χ1v) is 14.2. The number of carbonyl (C=O) groups excluding carboxylic acids is 3. The third-order valence-electron chi connectivity index (χ3n) is 7.04. The predicted molar refractivity (Wildman–Crippen MR) is 137 cm³/mol. The van der Waals surface area contributed by atoms with Gasteiger partial charge in [0.05, 0.1) is 11.6 Å². The van der Waals surface area contributed by atoms with E-state index in [2.05, 4.69) is 0 Å². The van der Waals surface area contributed by atoms with Gasteiger partial charge in [-0.3, -0.25) is 14.4 Å². The minimum Gasteiger partial charge on any atom is -0.366 e. The van der Waals surface area contributed by atoms with Crippen LogP contribution in [0, 0.1) is 0 Å². The Morgan fingerprint density at radius 2 is 1.76 bits per heavy atom. The standard InChI is InChI=1S/C24H23Cl3N4O5S/c25-15-3-1-2-14(10-15)11-19-22(33)29(17-5-6-17)13-24(23(28)34)30(9-8-21(32)31(19)24)37(35,36)20-7-4-16(26)12-18(20)27/h1-4,7,10,12,17,19H,5-6,8-9,11,13H2,(H2,28,34). The van der Waals surface area contributed by atoms with Crippen LogP contribution >= 0.6 is 34.8 Å². The van der Waals surface area contributed by atoms with Crippen LogP contribution in [-0.4, -0.2) is 71.1 Å². The Labute approximate surface area is 229 Å². The number of benzene rings is 2. The maximum absolute atomic E-state index is 14.0. The van der Waals surface area contributed by atoms with Crippen LogP contribution in [0.4, 0.5) is 0 Å². The summed E-state index contributed by atoms with van der Waals surface area (Å²) in [6, 6.07) is 9.35. The Balaban J connectivity index is 1.68. The van der Waals surface area contributed by atoms with Crippen molar-refractivity contribution < 1.29 is 22.8 Å². The SMILES string of the molecule is NC(=O)C12CN(C3CC3)C(=O)C(Cc3cccc(Cl)c3)N1C(=O)CCN2S(=O)(=O)c1ccc(Cl)cc1Cl. The number of rotatable bonds is 6. The molecule has 5 rings (SSSR count). The summed E-state index contributed by atoms with van der Waals surface area (Å²) in [4.78, 5) is 42.8. The zero-order valence-corrected chi connectivity index (χ0v) is 22.5. The zero-order valence-electron chi connectivity index (χ0n) is 19.4. The van der Waals surface area contributed by atoms with Crippen LogP contribution in [0.25, 0.3) is 0 Å². The molecule has 1 saturated carbocycles. The quantitative estimate of drug-likeness (QED) is 0.559. The summed E-state index contributed by atoms with van der Waals surface area (Å²) in [6.45, 7) is -0.676. The van der Waals surface area contributed by atoms with E-state index in [0.717, 1.165) is 9.21 Å². The number of carbonyl (C=O) groups is 3. The fourth-order valence-electron chi connectivity index (χ4n) is 5.24. The Morgan fingerprint density at radius 3 is 2.38 bits per heavy atom. The van der Waals surface area contributed by atoms with Crippen LogP contribution in [0.3, 0.4) is 0 Å². The van der Waals surface area contributed by atoms with Gasteiger partial charge in [-0.25, -0.2) is 8.42 Å². The summed E-state index contributed by atoms with van der Waals surface area (Å²) in [5.41, 5.74) is 4.46. The molecular formula is C24H23Cl3N4O5S. The molecule has 3 fully saturated rings. The number of hydrogen-bond acceptors (Lipinski definition) is 5. The van der Waals surface area contributed by atoms with Gasteiger partial charge in [-0.05, 0) is 48.7 Å². The number of sulfonamides is 1. The van der Waals surface area contributed by atoms with Crippen molar-refractivity contribution in [3.8, 4) is 0 Å². The van der Waals surface area contributed by atoms with E-state index in [4.69, 9.17) is 40.5 Å². The lowest BCUT2D eigenvalue weighted by molar-refractivity contribution is -0.185. The largest absolute Gasteiger partial charge is 0.366 e. The average Bonchev–Trinajstić information content (AvgIpc) is 3.65. The van der Waals surface area contributed by atoms with Crippen molar-refractivity contribution in [2.24, 2.45) is 5.73 Å². The molecule has 13 heteroatoms. The van der Waals surface area contributed by atoms with Crippen molar-refractivity contribution in [2.75, 3.05) is 13.1 Å². The van der Waals surface area contributed by atoms with Crippen molar-refractivity contribution in [1.29, 1.82) is 0 Å². The summed E-state index contributed by atoms with van der Waals surface area (Å²) in [7, 11) is -4.47. The van der Waals surface area contributed by atoms with Gasteiger partial charge in [-0.15, -0.1) is 0 Å². The molecule has 2 heterocycles. The topological polar surface area (TPSA) is 121 Å². The maximum Gasteiger partial charge on any atom is 0.261 e. The molecular weight excluding hydrogens is 563 g/mol. The monoisotopic (exact) mass is 584 g/mol. The fraction of sp³-hybridized carbons (Fsp3) is 0.375. The Kier molecular flexibility index (Phi) is 6.69. The number of piperazine rings is 1. The molecule has 2 aliphatic heterocycles. The van der Waals surface area contributed by atoms with Gasteiger partial charge in [0.15, 0.2) is 0 Å². The van der Waals surface area contributed by atoms with E-state index in [0.29, 0.717) is 23.4 Å². The lowest BCUT2D eigenvalue weighted by atomic mass is 9.90. The highest BCUT2D eigenvalue weighted by Crippen LogP contribution is 2.43. The molecule has 2 unspecified atom stereocenters. The zero-order chi connectivity index (χ0) is 26.7. The molecule has 9 nitrogen and oxygen atoms in total. The number of amides is 3. The second-order valence-electron chi connectivity index (χ2n) is 9.39. The van der Waals surface area contributed by atoms with Crippen LogP contribution in [0.2, 0.25) is 15.1 Å². The Hall–Kier alpha value is -2.37. The highest BCUT2D eigenvalue weighted by atomic mass is 35.5. The van der Waals surface area contributed by atoms with Gasteiger partial charge in [0.2, 0.25) is 27.5 Å². The van der Waals surface area contributed by atoms with Crippen molar-refractivity contribution in [1.82, 2.24) is 14.1 Å². The van der Waals surface area contributed by atoms with E-state index in [1.807, 2.05) is 0 Å². The molecule has 3 aliphatic rings. The van der Waals surface area contributed by atoms with Crippen molar-refractivity contribution in [3.05, 3.63) is 63.1 Å². The molecule has 2 saturated heterocycles. The third kappa shape index (κ3) is 4.38. The second kappa shape index (κ2) is 9.43. The highest BCUT2D eigenvalue weighted by molar-refractivity contribution is 7.89. The van der Waals surface area contributed by atoms with E-state index in [9.17, 15) is 22.8 Å². The van der Waals surface area contributed by atoms with E-state index in [1.54, 1.807) is 24.3 Å². The first-order chi connectivity index (χ1) is 17.5. The van der Waals surface area contributed by atoms with Gasteiger partial charge in [-0.2, -0.15) is 4.31 Å². The number of nitrogens with two attached hydrogens (primary N) is 1. The van der Waals surface area contributed by atoms with Gasteiger partial charge >= 0.3 is 0 Å². The minimum atomic E-state index is -4.47. The predicted octanol–water partition coefficient (Wildman–Crippen LogP) is 2.67. The Morgan fingerprint density at radius 1 is 1.05 bits per heavy atom. The van der Waals surface area contributed by atoms with E-state index in [-0.39, 0.29) is 52.8 Å². The molecule has 0 aromatic heterocycles. The second-order valence-corrected chi connectivity index (χ2v) is 12.5. The number of nitrogens with zero attached hydrogens (tertiary/aromatic N) is 3. The molecule has 3 amide bonds. The molecule has 0 bridgehead atoms. The molecule has 2 atom stereocenters. The smallest absolute Gasteiger partial charge is 0.261 e. The van der Waals surface area contributed by atoms with E-state index >= 15 is 0 Å². The number of fused-ring (bicyclic) bond motifs is 1. The lowest BCUT2D eigenvalue weighted by Gasteiger charge is -2.57. The summed E-state index contributed by atoms with van der Waals surface area (Å²) in [6.07, 6.45) is 1.18. The van der Waals surface area contributed by atoms with E-state index < -0.39 is 33.5 Å². The molecule has 2 N–H and O–H groups in total. The highest BCUT2D eigenvalue weighted by Gasteiger charge is 2.65. The lowest BCUT2D eigenvalue weighted by Crippen LogP contribution is -2.82. The van der Waals surface area contributed by atoms with Crippen LogP contribution in [-0.2, 0) is 30.8 Å². The fourth-order valence-corrected chi connectivity index (χ4v) is 7.90. The van der Waals surface area contributed by atoms with Gasteiger partial charge in [0.1, 0.15) is 10.9 Å². The van der Waals surface area contributed by atoms with Crippen LogP contribution in [0.1, 0.15) is 24.8 Å². The van der Waals surface area contributed by atoms with Crippen LogP contribution in [0.5, 0.6) is 0 Å². The molecule has 0 spiro atoms. The summed E-state index contributed by atoms with van der Waals surface area (Å²) in [5, 5.41) is 0.526. The number of hydrogen-bond donors (Lipinski definition) is 1. The van der Waals surface area contributed by atoms with Crippen molar-refractivity contribution in [3.63, 3.8) is 0 Å².